The Kier molecular flexibility index (Phi) is 60.3. The molecular formula is C84H162N4O7. The maximum Gasteiger partial charge on any atom is 0.407 e. The number of ether oxygens (including phenoxy) is 3. The molecular weight excluding hydrogens is 1180 g/mol. The monoisotopic (exact) mass is 1340 g/mol. The highest BCUT2D eigenvalue weighted by atomic mass is 16.6. The molecule has 2 fully saturated rings. The standard InChI is InChI=1S/C52H102N2O4.C20H42O.C12H18N2O2/c1-8-12-16-20-24-26-30-34-37-46(36-32-28-22-18-14-10-3)42-57-49(55)53-45-52(7)41-48(40-51(5,6)44-52)54-50(56)58-43-47(38-33-29-23-19-15-11-4)39-35-31-27-25-21-17-13-9-2;1-3-5-7-9-11-12-14-16-18-20(19-21)17-15-13-10-8-6-4-2;1-11(2)4-10(16-8-13)5-12(3,6-11)7-14-9-15/h46-48H,8-45H2,1-7H3,(H,53,55)(H,54,56);20-21H,3-19H2,1-2H3;10H,4-7H2,1-3H3. The van der Waals surface area contributed by atoms with Crippen molar-refractivity contribution < 1.29 is 33.7 Å². The summed E-state index contributed by atoms with van der Waals surface area (Å²) in [6, 6.07) is 0.0251. The normalized spacial score (nSPS) is 19.7. The van der Waals surface area contributed by atoms with E-state index in [1.807, 2.05) is 0 Å². The molecule has 3 N–H and O–H groups in total. The van der Waals surface area contributed by atoms with Crippen LogP contribution in [0, 0.1) is 50.9 Å². The SMILES string of the molecule is CC1(C)CC(OC#N)CC(C)(CN=C=O)C1.CCCCCCCCCCC(CCCCCCCC)COC(=O)NCC1(C)CC(NC(=O)OCC(CCCCCCCC)CCCCCCCCCC)CC(C)(C)C1.CCCCCCCCCCC(CO)CCCCCCCC. The third kappa shape index (κ3) is 56.6. The van der Waals surface area contributed by atoms with Crippen molar-refractivity contribution in [2.45, 2.75) is 442 Å². The molecule has 0 aliphatic heterocycles. The number of aliphatic hydroxyl groups excluding tert-OH is 1. The molecule has 11 nitrogen and oxygen atoms in total. The number of aliphatic imine (C=N–C) groups is 1. The van der Waals surface area contributed by atoms with E-state index in [0.717, 1.165) is 64.2 Å². The summed E-state index contributed by atoms with van der Waals surface area (Å²) in [7, 11) is 0. The quantitative estimate of drug-likeness (QED) is 0.0235. The van der Waals surface area contributed by atoms with Gasteiger partial charge >= 0.3 is 12.2 Å². The van der Waals surface area contributed by atoms with E-state index in [-0.39, 0.29) is 46.0 Å². The number of hydrogen-bond acceptors (Lipinski definition) is 9. The van der Waals surface area contributed by atoms with E-state index in [2.05, 4.69) is 98.7 Å². The van der Waals surface area contributed by atoms with Crippen molar-refractivity contribution in [3.05, 3.63) is 0 Å². The number of alkyl carbamates (subject to hydrolysis) is 2. The van der Waals surface area contributed by atoms with E-state index < -0.39 is 0 Å². The van der Waals surface area contributed by atoms with E-state index >= 15 is 0 Å². The van der Waals surface area contributed by atoms with E-state index in [1.165, 1.54) is 283 Å². The molecule has 11 heteroatoms. The van der Waals surface area contributed by atoms with Crippen LogP contribution in [0.2, 0.25) is 0 Å². The van der Waals surface area contributed by atoms with E-state index in [4.69, 9.17) is 19.5 Å². The number of nitriles is 1. The van der Waals surface area contributed by atoms with Gasteiger partial charge in [0.25, 0.3) is 6.26 Å². The molecule has 560 valence electrons. The summed E-state index contributed by atoms with van der Waals surface area (Å²) >= 11 is 0. The van der Waals surface area contributed by atoms with Gasteiger partial charge in [0, 0.05) is 19.2 Å². The number of aliphatic hydroxyl groups is 1. The molecule has 2 saturated carbocycles. The lowest BCUT2D eigenvalue weighted by molar-refractivity contribution is -0.00682. The molecule has 0 spiro atoms. The molecule has 2 aliphatic rings. The summed E-state index contributed by atoms with van der Waals surface area (Å²) in [5, 5.41) is 24.5. The smallest absolute Gasteiger partial charge is 0.407 e. The highest BCUT2D eigenvalue weighted by Crippen LogP contribution is 2.48. The third-order valence-corrected chi connectivity index (χ3v) is 21.0. The highest BCUT2D eigenvalue weighted by molar-refractivity contribution is 5.68. The topological polar surface area (TPSA) is 159 Å². The van der Waals surface area contributed by atoms with Crippen molar-refractivity contribution >= 4 is 18.3 Å². The first-order valence-electron chi connectivity index (χ1n) is 41.3. The molecule has 0 bridgehead atoms. The summed E-state index contributed by atoms with van der Waals surface area (Å²) in [5.41, 5.74) is -0.0379. The van der Waals surface area contributed by atoms with Gasteiger partial charge in [0.1, 0.15) is 6.10 Å². The molecule has 0 aromatic rings. The summed E-state index contributed by atoms with van der Waals surface area (Å²) in [4.78, 5) is 40.3. The number of carbonyl (C=O) groups excluding carboxylic acids is 3. The minimum Gasteiger partial charge on any atom is -0.449 e. The molecule has 0 aromatic carbocycles. The Balaban J connectivity index is 0.00000192. The Morgan fingerprint density at radius 2 is 0.758 bits per heavy atom. The van der Waals surface area contributed by atoms with Gasteiger partial charge in [0.15, 0.2) is 0 Å². The van der Waals surface area contributed by atoms with Crippen LogP contribution in [-0.4, -0.2) is 68.4 Å². The van der Waals surface area contributed by atoms with Gasteiger partial charge in [-0.05, 0) is 116 Å². The van der Waals surface area contributed by atoms with Crippen LogP contribution in [0.1, 0.15) is 430 Å². The Morgan fingerprint density at radius 3 is 1.09 bits per heavy atom. The number of hydrogen-bond donors (Lipinski definition) is 3. The first-order valence-corrected chi connectivity index (χ1v) is 41.3. The zero-order valence-electron chi connectivity index (χ0n) is 65.4. The summed E-state index contributed by atoms with van der Waals surface area (Å²) in [5.74, 6) is 1.48. The number of nitrogens with one attached hydrogen (secondary N) is 2. The predicted octanol–water partition coefficient (Wildman–Crippen LogP) is 26.1. The van der Waals surface area contributed by atoms with E-state index in [0.29, 0.717) is 50.7 Å². The first-order chi connectivity index (χ1) is 45.8. The summed E-state index contributed by atoms with van der Waals surface area (Å²) in [6.07, 6.45) is 71.4. The fraction of sp³-hybridized carbons (Fsp3) is 0.952. The molecule has 2 amide bonds. The Morgan fingerprint density at radius 1 is 0.442 bits per heavy atom. The van der Waals surface area contributed by atoms with E-state index in [9.17, 15) is 19.5 Å². The minimum atomic E-state index is -0.287. The summed E-state index contributed by atoms with van der Waals surface area (Å²) < 4.78 is 17.0. The lowest BCUT2D eigenvalue weighted by Crippen LogP contribution is -2.50. The second-order valence-electron chi connectivity index (χ2n) is 33.0. The molecule has 7 unspecified atom stereocenters. The predicted molar refractivity (Wildman–Crippen MR) is 406 cm³/mol. The number of isocyanates is 1. The highest BCUT2D eigenvalue weighted by Gasteiger charge is 2.43. The lowest BCUT2D eigenvalue weighted by Gasteiger charge is -2.46. The average Bonchev–Trinajstić information content (AvgIpc) is 0.819. The van der Waals surface area contributed by atoms with Crippen LogP contribution < -0.4 is 10.6 Å². The fourth-order valence-corrected chi connectivity index (χ4v) is 16.1. The first kappa shape index (κ1) is 92.2. The van der Waals surface area contributed by atoms with Crippen LogP contribution in [-0.2, 0) is 19.0 Å². The zero-order chi connectivity index (χ0) is 70.4. The van der Waals surface area contributed by atoms with Crippen LogP contribution in [0.3, 0.4) is 0 Å². The largest absolute Gasteiger partial charge is 0.449 e. The number of unbranched alkanes of at least 4 members (excludes halogenated alkanes) is 36. The van der Waals surface area contributed by atoms with Crippen molar-refractivity contribution in [2.75, 3.05) is 32.9 Å². The zero-order valence-corrected chi connectivity index (χ0v) is 65.4. The maximum absolute atomic E-state index is 13.3. The molecule has 7 atom stereocenters. The van der Waals surface area contributed by atoms with Gasteiger partial charge in [-0.2, -0.15) is 5.26 Å². The number of rotatable bonds is 59. The Bertz CT molecular complexity index is 1830. The number of nitrogens with zero attached hydrogens (tertiary/aromatic N) is 2. The molecule has 0 aromatic heterocycles. The molecule has 2 aliphatic carbocycles. The fourth-order valence-electron chi connectivity index (χ4n) is 16.1. The van der Waals surface area contributed by atoms with Gasteiger partial charge in [0.2, 0.25) is 6.08 Å². The lowest BCUT2D eigenvalue weighted by atomic mass is 9.62. The van der Waals surface area contributed by atoms with Crippen molar-refractivity contribution in [3.8, 4) is 6.26 Å². The van der Waals surface area contributed by atoms with Crippen molar-refractivity contribution in [2.24, 2.45) is 44.4 Å². The molecule has 2 rings (SSSR count). The van der Waals surface area contributed by atoms with Gasteiger partial charge in [0.05, 0.1) is 19.8 Å². The third-order valence-electron chi connectivity index (χ3n) is 21.0. The molecule has 0 heterocycles. The van der Waals surface area contributed by atoms with Crippen molar-refractivity contribution in [3.63, 3.8) is 0 Å². The van der Waals surface area contributed by atoms with Gasteiger partial charge in [-0.25, -0.2) is 19.4 Å². The molecule has 0 radical (unpaired) electrons. The Hall–Kier alpha value is -2.83. The number of carbonyl (C=O) groups is 2. The van der Waals surface area contributed by atoms with Crippen LogP contribution in [0.4, 0.5) is 9.59 Å². The second kappa shape index (κ2) is 62.2. The maximum atomic E-state index is 13.3. The van der Waals surface area contributed by atoms with Gasteiger partial charge < -0.3 is 30.0 Å². The average molecular weight is 1340 g/mol. The van der Waals surface area contributed by atoms with Crippen LogP contribution in [0.15, 0.2) is 4.99 Å². The van der Waals surface area contributed by atoms with Crippen molar-refractivity contribution in [1.82, 2.24) is 10.6 Å². The van der Waals surface area contributed by atoms with Crippen LogP contribution in [0.25, 0.3) is 0 Å². The number of amides is 2. The van der Waals surface area contributed by atoms with Gasteiger partial charge in [-0.15, -0.1) is 0 Å². The van der Waals surface area contributed by atoms with Gasteiger partial charge in [-0.3, -0.25) is 0 Å². The van der Waals surface area contributed by atoms with Crippen molar-refractivity contribution in [1.29, 1.82) is 5.26 Å². The van der Waals surface area contributed by atoms with Crippen LogP contribution >= 0.6 is 0 Å². The molecule has 95 heavy (non-hydrogen) atoms. The second-order valence-corrected chi connectivity index (χ2v) is 33.0. The van der Waals surface area contributed by atoms with E-state index in [1.54, 1.807) is 12.3 Å². The molecule has 0 saturated heterocycles. The van der Waals surface area contributed by atoms with Gasteiger partial charge in [-0.1, -0.05) is 353 Å². The summed E-state index contributed by atoms with van der Waals surface area (Å²) in [6.45, 7) is 29.4. The minimum absolute atomic E-state index is 0.0251. The Labute approximate surface area is 590 Å². The van der Waals surface area contributed by atoms with Crippen LogP contribution in [0.5, 0.6) is 0 Å².